The van der Waals surface area contributed by atoms with E-state index in [-0.39, 0.29) is 24.6 Å². The van der Waals surface area contributed by atoms with Crippen molar-refractivity contribution in [1.82, 2.24) is 4.90 Å². The summed E-state index contributed by atoms with van der Waals surface area (Å²) in [5.74, 6) is 0.121. The Morgan fingerprint density at radius 1 is 1.11 bits per heavy atom. The first-order valence-electron chi connectivity index (χ1n) is 12.2. The molecule has 1 saturated carbocycles. The third-order valence-corrected chi connectivity index (χ3v) is 7.16. The first-order valence-corrected chi connectivity index (χ1v) is 12.2. The Bertz CT molecular complexity index is 986. The van der Waals surface area contributed by atoms with Crippen LogP contribution in [-0.2, 0) is 26.4 Å². The van der Waals surface area contributed by atoms with Crippen LogP contribution in [0.1, 0.15) is 36.8 Å². The number of amides is 2. The van der Waals surface area contributed by atoms with E-state index < -0.39 is 5.60 Å². The lowest BCUT2D eigenvalue weighted by Crippen LogP contribution is -2.47. The molecule has 8 heteroatoms. The van der Waals surface area contributed by atoms with Crippen molar-refractivity contribution in [1.29, 1.82) is 0 Å². The summed E-state index contributed by atoms with van der Waals surface area (Å²) in [7, 11) is 5.18. The lowest BCUT2D eigenvalue weighted by atomic mass is 9.78. The quantitative estimate of drug-likeness (QED) is 0.567. The highest BCUT2D eigenvalue weighted by Crippen LogP contribution is 2.42. The number of anilines is 1. The van der Waals surface area contributed by atoms with Crippen molar-refractivity contribution in [3.05, 3.63) is 59.4 Å². The zero-order valence-corrected chi connectivity index (χ0v) is 20.8. The van der Waals surface area contributed by atoms with Gasteiger partial charge in [0.15, 0.2) is 0 Å². The fraction of sp³-hybridized carbons (Fsp3) is 0.519. The number of carbonyl (C=O) groups is 1. The Balaban J connectivity index is 1.39. The van der Waals surface area contributed by atoms with Crippen LogP contribution in [0.4, 0.5) is 14.9 Å². The number of urea groups is 1. The van der Waals surface area contributed by atoms with Crippen molar-refractivity contribution < 1.29 is 28.1 Å². The Labute approximate surface area is 206 Å². The lowest BCUT2D eigenvalue weighted by Gasteiger charge is -2.39. The van der Waals surface area contributed by atoms with E-state index in [1.165, 1.54) is 6.07 Å². The number of nitrogens with zero attached hydrogens (tertiary/aromatic N) is 2. The summed E-state index contributed by atoms with van der Waals surface area (Å²) in [4.78, 5) is 16.1. The molecule has 1 aliphatic heterocycles. The van der Waals surface area contributed by atoms with Gasteiger partial charge in [0.2, 0.25) is 0 Å². The average Bonchev–Trinajstić information content (AvgIpc) is 2.91. The molecule has 2 aromatic rings. The second-order valence-corrected chi connectivity index (χ2v) is 9.21. The highest BCUT2D eigenvalue weighted by molar-refractivity contribution is 5.91. The number of ether oxygens (including phenoxy) is 4. The number of hydrogen-bond acceptors (Lipinski definition) is 5. The standard InChI is InChI=1S/C27H35FN2O5/c1-29(26(31)30-12-14-34-15-13-30)23-6-4-20(5-7-23)19-35-25-17-21(16-22(28)18-25)27(33-3)10-8-24(32-2)9-11-27/h4-7,16-18,24H,8-15,19H2,1-3H3. The third kappa shape index (κ3) is 5.94. The van der Waals surface area contributed by atoms with Crippen LogP contribution in [-0.4, -0.2) is 64.6 Å². The molecule has 190 valence electrons. The van der Waals surface area contributed by atoms with E-state index in [4.69, 9.17) is 18.9 Å². The summed E-state index contributed by atoms with van der Waals surface area (Å²) in [6.45, 7) is 2.62. The van der Waals surface area contributed by atoms with Crippen molar-refractivity contribution in [2.75, 3.05) is 52.5 Å². The van der Waals surface area contributed by atoms with Crippen LogP contribution < -0.4 is 9.64 Å². The van der Waals surface area contributed by atoms with E-state index in [1.807, 2.05) is 30.3 Å². The molecule has 1 aliphatic carbocycles. The zero-order chi connectivity index (χ0) is 24.8. The second kappa shape index (κ2) is 11.4. The number of hydrogen-bond donors (Lipinski definition) is 0. The van der Waals surface area contributed by atoms with E-state index >= 15 is 0 Å². The number of rotatable bonds is 7. The Hall–Kier alpha value is -2.68. The average molecular weight is 487 g/mol. The van der Waals surface area contributed by atoms with Crippen LogP contribution in [0.15, 0.2) is 42.5 Å². The van der Waals surface area contributed by atoms with Crippen LogP contribution in [0.25, 0.3) is 0 Å². The van der Waals surface area contributed by atoms with Crippen molar-refractivity contribution in [3.8, 4) is 5.75 Å². The highest BCUT2D eigenvalue weighted by atomic mass is 19.1. The molecule has 0 aromatic heterocycles. The molecule has 0 atom stereocenters. The number of carbonyl (C=O) groups excluding carboxylic acids is 1. The van der Waals surface area contributed by atoms with Gasteiger partial charge in [0.25, 0.3) is 0 Å². The van der Waals surface area contributed by atoms with Crippen molar-refractivity contribution in [2.45, 2.75) is 44.0 Å². The minimum Gasteiger partial charge on any atom is -0.489 e. The van der Waals surface area contributed by atoms with Crippen LogP contribution in [0.2, 0.25) is 0 Å². The molecule has 2 amide bonds. The highest BCUT2D eigenvalue weighted by Gasteiger charge is 2.37. The summed E-state index contributed by atoms with van der Waals surface area (Å²) in [5, 5.41) is 0. The molecule has 1 saturated heterocycles. The fourth-order valence-electron chi connectivity index (χ4n) is 4.87. The van der Waals surface area contributed by atoms with Gasteiger partial charge in [-0.05, 0) is 61.1 Å². The molecule has 0 unspecified atom stereocenters. The molecular weight excluding hydrogens is 451 g/mol. The molecule has 2 aliphatic rings. The summed E-state index contributed by atoms with van der Waals surface area (Å²) >= 11 is 0. The predicted molar refractivity (Wildman–Crippen MR) is 131 cm³/mol. The minimum absolute atomic E-state index is 0.0452. The molecule has 35 heavy (non-hydrogen) atoms. The smallest absolute Gasteiger partial charge is 0.324 e. The largest absolute Gasteiger partial charge is 0.489 e. The number of morpholine rings is 1. The minimum atomic E-state index is -0.533. The van der Waals surface area contributed by atoms with Gasteiger partial charge in [-0.3, -0.25) is 4.90 Å². The molecule has 4 rings (SSSR count). The molecule has 2 aromatic carbocycles. The molecule has 0 spiro atoms. The van der Waals surface area contributed by atoms with Gasteiger partial charge in [-0.25, -0.2) is 9.18 Å². The van der Waals surface area contributed by atoms with E-state index in [2.05, 4.69) is 0 Å². The van der Waals surface area contributed by atoms with Gasteiger partial charge in [0, 0.05) is 46.1 Å². The SMILES string of the molecule is COC1CCC(OC)(c2cc(F)cc(OCc3ccc(N(C)C(=O)N4CCOCC4)cc3)c2)CC1. The monoisotopic (exact) mass is 486 g/mol. The topological polar surface area (TPSA) is 60.5 Å². The molecular formula is C27H35FN2O5. The lowest BCUT2D eigenvalue weighted by molar-refractivity contribution is -0.0764. The first-order chi connectivity index (χ1) is 16.9. The second-order valence-electron chi connectivity index (χ2n) is 9.21. The molecule has 1 heterocycles. The van der Waals surface area contributed by atoms with Gasteiger partial charge in [-0.15, -0.1) is 0 Å². The van der Waals surface area contributed by atoms with E-state index in [1.54, 1.807) is 37.1 Å². The summed E-state index contributed by atoms with van der Waals surface area (Å²) in [6.07, 6.45) is 3.48. The maximum absolute atomic E-state index is 14.5. The van der Waals surface area contributed by atoms with Gasteiger partial charge < -0.3 is 23.8 Å². The van der Waals surface area contributed by atoms with Crippen LogP contribution in [0.3, 0.4) is 0 Å². The maximum Gasteiger partial charge on any atom is 0.324 e. The number of methoxy groups -OCH3 is 2. The summed E-state index contributed by atoms with van der Waals surface area (Å²) < 4.78 is 37.2. The molecule has 2 fully saturated rings. The Morgan fingerprint density at radius 2 is 1.80 bits per heavy atom. The molecule has 0 radical (unpaired) electrons. The van der Waals surface area contributed by atoms with Crippen LogP contribution >= 0.6 is 0 Å². The first kappa shape index (κ1) is 25.4. The number of halogens is 1. The van der Waals surface area contributed by atoms with Crippen LogP contribution in [0, 0.1) is 5.82 Å². The maximum atomic E-state index is 14.5. The Kier molecular flexibility index (Phi) is 8.26. The van der Waals surface area contributed by atoms with Gasteiger partial charge in [-0.2, -0.15) is 0 Å². The molecule has 0 N–H and O–H groups in total. The summed E-state index contributed by atoms with van der Waals surface area (Å²) in [5.41, 5.74) is 1.98. The Morgan fingerprint density at radius 3 is 2.43 bits per heavy atom. The van der Waals surface area contributed by atoms with Crippen molar-refractivity contribution in [3.63, 3.8) is 0 Å². The van der Waals surface area contributed by atoms with Gasteiger partial charge in [0.05, 0.1) is 24.9 Å². The van der Waals surface area contributed by atoms with E-state index in [0.29, 0.717) is 32.1 Å². The van der Waals surface area contributed by atoms with Crippen LogP contribution in [0.5, 0.6) is 5.75 Å². The van der Waals surface area contributed by atoms with Gasteiger partial charge in [0.1, 0.15) is 18.2 Å². The predicted octanol–water partition coefficient (Wildman–Crippen LogP) is 4.72. The van der Waals surface area contributed by atoms with Crippen molar-refractivity contribution in [2.24, 2.45) is 0 Å². The van der Waals surface area contributed by atoms with E-state index in [0.717, 1.165) is 42.5 Å². The normalized spacial score (nSPS) is 22.6. The molecule has 0 bridgehead atoms. The number of benzene rings is 2. The fourth-order valence-corrected chi connectivity index (χ4v) is 4.87. The zero-order valence-electron chi connectivity index (χ0n) is 20.8. The van der Waals surface area contributed by atoms with Gasteiger partial charge >= 0.3 is 6.03 Å². The van der Waals surface area contributed by atoms with Gasteiger partial charge in [-0.1, -0.05) is 12.1 Å². The molecule has 7 nitrogen and oxygen atoms in total. The third-order valence-electron chi connectivity index (χ3n) is 7.16. The van der Waals surface area contributed by atoms with Crippen molar-refractivity contribution >= 4 is 11.7 Å². The van der Waals surface area contributed by atoms with E-state index in [9.17, 15) is 9.18 Å². The summed E-state index contributed by atoms with van der Waals surface area (Å²) in [6, 6.07) is 12.4.